The van der Waals surface area contributed by atoms with Crippen molar-refractivity contribution in [3.63, 3.8) is 0 Å². The molecule has 25 heavy (non-hydrogen) atoms. The first-order valence-electron chi connectivity index (χ1n) is 8.80. The summed E-state index contributed by atoms with van der Waals surface area (Å²) in [5.74, 6) is 0.227. The molecular formula is C22H29NO2. The highest BCUT2D eigenvalue weighted by molar-refractivity contribution is 6.15. The summed E-state index contributed by atoms with van der Waals surface area (Å²) in [6.45, 7) is 12.9. The minimum Gasteiger partial charge on any atom is -0.396 e. The van der Waals surface area contributed by atoms with Gasteiger partial charge >= 0.3 is 0 Å². The molecule has 1 aliphatic rings. The molecule has 0 bridgehead atoms. The van der Waals surface area contributed by atoms with Crippen molar-refractivity contribution in [3.05, 3.63) is 71.8 Å². The summed E-state index contributed by atoms with van der Waals surface area (Å²) in [5.41, 5.74) is 5.38. The van der Waals surface area contributed by atoms with Crippen molar-refractivity contribution in [1.82, 2.24) is 0 Å². The summed E-state index contributed by atoms with van der Waals surface area (Å²) in [7, 11) is 1.70. The van der Waals surface area contributed by atoms with Crippen LogP contribution in [-0.4, -0.2) is 37.2 Å². The average molecular weight is 339 g/mol. The summed E-state index contributed by atoms with van der Waals surface area (Å²) in [6, 6.07) is 6.45. The van der Waals surface area contributed by atoms with Crippen LogP contribution in [0.5, 0.6) is 0 Å². The molecule has 0 spiro atoms. The van der Waals surface area contributed by atoms with Gasteiger partial charge in [0.05, 0.1) is 18.4 Å². The van der Waals surface area contributed by atoms with Gasteiger partial charge in [-0.1, -0.05) is 42.5 Å². The van der Waals surface area contributed by atoms with Gasteiger partial charge in [-0.2, -0.15) is 0 Å². The Bertz CT molecular complexity index is 687. The second kappa shape index (κ2) is 8.93. The number of ether oxygens (including phenoxy) is 1. The van der Waals surface area contributed by atoms with E-state index in [-0.39, 0.29) is 24.5 Å². The zero-order chi connectivity index (χ0) is 18.4. The fourth-order valence-electron chi connectivity index (χ4n) is 3.59. The number of aliphatic hydroxyl groups excluding tert-OH is 1. The number of rotatable bonds is 8. The van der Waals surface area contributed by atoms with Crippen molar-refractivity contribution in [1.29, 1.82) is 0 Å². The maximum atomic E-state index is 9.63. The van der Waals surface area contributed by atoms with Crippen LogP contribution >= 0.6 is 0 Å². The van der Waals surface area contributed by atoms with E-state index in [2.05, 4.69) is 38.3 Å². The first kappa shape index (κ1) is 19.4. The van der Waals surface area contributed by atoms with Crippen LogP contribution in [0.4, 0.5) is 0 Å². The van der Waals surface area contributed by atoms with Gasteiger partial charge in [0.1, 0.15) is 0 Å². The lowest BCUT2D eigenvalue weighted by Crippen LogP contribution is -2.34. The van der Waals surface area contributed by atoms with Gasteiger partial charge in [0.15, 0.2) is 0 Å². The summed E-state index contributed by atoms with van der Waals surface area (Å²) in [5, 5.41) is 9.63. The zero-order valence-electron chi connectivity index (χ0n) is 15.5. The molecule has 0 saturated heterocycles. The molecular weight excluding hydrogens is 310 g/mol. The van der Waals surface area contributed by atoms with E-state index in [4.69, 9.17) is 9.73 Å². The summed E-state index contributed by atoms with van der Waals surface area (Å²) >= 11 is 0. The van der Waals surface area contributed by atoms with Crippen molar-refractivity contribution in [2.75, 3.05) is 20.3 Å². The van der Waals surface area contributed by atoms with E-state index in [0.717, 1.165) is 16.8 Å². The van der Waals surface area contributed by atoms with Gasteiger partial charge in [-0.15, -0.1) is 6.58 Å². The Morgan fingerprint density at radius 3 is 2.80 bits per heavy atom. The lowest BCUT2D eigenvalue weighted by Gasteiger charge is -2.35. The molecule has 1 aromatic carbocycles. The first-order chi connectivity index (χ1) is 12.1. The van der Waals surface area contributed by atoms with Gasteiger partial charge in [-0.3, -0.25) is 4.99 Å². The van der Waals surface area contributed by atoms with Gasteiger partial charge < -0.3 is 9.84 Å². The minimum absolute atomic E-state index is 0.0168. The highest BCUT2D eigenvalue weighted by atomic mass is 16.5. The molecule has 1 heterocycles. The first-order valence-corrected chi connectivity index (χ1v) is 8.80. The molecule has 0 radical (unpaired) electrons. The minimum atomic E-state index is -0.0168. The molecule has 0 fully saturated rings. The van der Waals surface area contributed by atoms with E-state index >= 15 is 0 Å². The number of hydrogen-bond donors (Lipinski definition) is 1. The fourth-order valence-corrected chi connectivity index (χ4v) is 3.59. The molecule has 134 valence electrons. The highest BCUT2D eigenvalue weighted by Crippen LogP contribution is 2.38. The lowest BCUT2D eigenvalue weighted by atomic mass is 9.76. The van der Waals surface area contributed by atoms with E-state index in [1.54, 1.807) is 7.11 Å². The van der Waals surface area contributed by atoms with Crippen molar-refractivity contribution in [2.24, 2.45) is 10.9 Å². The Balaban J connectivity index is 2.62. The summed E-state index contributed by atoms with van der Waals surface area (Å²) in [6.07, 6.45) is 6.56. The van der Waals surface area contributed by atoms with Crippen LogP contribution in [0.1, 0.15) is 36.0 Å². The Morgan fingerprint density at radius 2 is 2.20 bits per heavy atom. The lowest BCUT2D eigenvalue weighted by molar-refractivity contribution is 0.149. The zero-order valence-corrected chi connectivity index (χ0v) is 15.5. The smallest absolute Gasteiger partial charge is 0.0719 e. The number of nitrogens with zero attached hydrogens (tertiary/aromatic N) is 1. The van der Waals surface area contributed by atoms with Gasteiger partial charge in [-0.25, -0.2) is 0 Å². The topological polar surface area (TPSA) is 41.8 Å². The van der Waals surface area contributed by atoms with Gasteiger partial charge in [-0.05, 0) is 37.5 Å². The molecule has 0 aromatic heterocycles. The van der Waals surface area contributed by atoms with Gasteiger partial charge in [0, 0.05) is 31.1 Å². The van der Waals surface area contributed by atoms with E-state index in [1.165, 1.54) is 11.1 Å². The van der Waals surface area contributed by atoms with E-state index in [0.29, 0.717) is 13.0 Å². The second-order valence-electron chi connectivity index (χ2n) is 6.56. The maximum absolute atomic E-state index is 9.63. The van der Waals surface area contributed by atoms with Crippen molar-refractivity contribution >= 4 is 5.71 Å². The van der Waals surface area contributed by atoms with Crippen molar-refractivity contribution < 1.29 is 9.84 Å². The van der Waals surface area contributed by atoms with Crippen LogP contribution in [0.2, 0.25) is 0 Å². The van der Waals surface area contributed by atoms with Crippen LogP contribution in [-0.2, 0) is 4.74 Å². The molecule has 0 amide bonds. The average Bonchev–Trinajstić information content (AvgIpc) is 2.60. The fraction of sp³-hybridized carbons (Fsp3) is 0.409. The molecule has 1 aliphatic heterocycles. The maximum Gasteiger partial charge on any atom is 0.0719 e. The third kappa shape index (κ3) is 4.17. The number of hydrogen-bond acceptors (Lipinski definition) is 3. The normalized spacial score (nSPS) is 20.9. The van der Waals surface area contributed by atoms with Crippen LogP contribution in [0.15, 0.2) is 60.2 Å². The Hall–Kier alpha value is -1.97. The van der Waals surface area contributed by atoms with Gasteiger partial charge in [0.25, 0.3) is 0 Å². The molecule has 3 heteroatoms. The molecule has 0 saturated carbocycles. The SMILES string of the molecule is C=CC(COC)C1N=C(C(=C)/C=C\C)c2cc(C)ccc2C1CCO. The molecule has 3 unspecified atom stereocenters. The number of aliphatic imine (C=N–C) groups is 1. The molecule has 1 N–H and O–H groups in total. The third-order valence-corrected chi connectivity index (χ3v) is 4.77. The van der Waals surface area contributed by atoms with Crippen LogP contribution < -0.4 is 0 Å². The largest absolute Gasteiger partial charge is 0.396 e. The van der Waals surface area contributed by atoms with Crippen LogP contribution in [0.3, 0.4) is 0 Å². The number of aryl methyl sites for hydroxylation is 1. The van der Waals surface area contributed by atoms with Crippen LogP contribution in [0.25, 0.3) is 0 Å². The second-order valence-corrected chi connectivity index (χ2v) is 6.56. The highest BCUT2D eigenvalue weighted by Gasteiger charge is 2.35. The number of allylic oxidation sites excluding steroid dienone is 3. The Labute approximate surface area is 151 Å². The predicted molar refractivity (Wildman–Crippen MR) is 105 cm³/mol. The molecule has 3 nitrogen and oxygen atoms in total. The number of aliphatic hydroxyl groups is 1. The van der Waals surface area contributed by atoms with Gasteiger partial charge in [0.2, 0.25) is 0 Å². The standard InChI is InChI=1S/C22H29NO2/c1-6-8-16(4)21-20-13-15(3)9-10-18(20)19(11-12-24)22(23-21)17(7-2)14-25-5/h6-10,13,17,19,22,24H,2,4,11-12,14H2,1,3,5H3/b8-6-. The van der Waals surface area contributed by atoms with E-state index in [9.17, 15) is 5.11 Å². The monoisotopic (exact) mass is 339 g/mol. The van der Waals surface area contributed by atoms with Crippen LogP contribution in [0, 0.1) is 12.8 Å². The molecule has 1 aromatic rings. The Morgan fingerprint density at radius 1 is 1.44 bits per heavy atom. The molecule has 3 atom stereocenters. The summed E-state index contributed by atoms with van der Waals surface area (Å²) < 4.78 is 5.39. The number of fused-ring (bicyclic) bond motifs is 1. The van der Waals surface area contributed by atoms with E-state index < -0.39 is 0 Å². The number of benzene rings is 1. The summed E-state index contributed by atoms with van der Waals surface area (Å²) in [4.78, 5) is 5.08. The van der Waals surface area contributed by atoms with Crippen molar-refractivity contribution in [3.8, 4) is 0 Å². The molecule has 2 rings (SSSR count). The third-order valence-electron chi connectivity index (χ3n) is 4.77. The predicted octanol–water partition coefficient (Wildman–Crippen LogP) is 4.21. The molecule has 0 aliphatic carbocycles. The number of methoxy groups -OCH3 is 1. The van der Waals surface area contributed by atoms with E-state index in [1.807, 2.05) is 25.2 Å². The van der Waals surface area contributed by atoms with Crippen molar-refractivity contribution in [2.45, 2.75) is 32.2 Å². The quantitative estimate of drug-likeness (QED) is 0.569. The Kier molecular flexibility index (Phi) is 6.91.